The fourth-order valence-corrected chi connectivity index (χ4v) is 6.86. The zero-order valence-corrected chi connectivity index (χ0v) is 25.1. The van der Waals surface area contributed by atoms with Gasteiger partial charge in [-0.05, 0) is 44.5 Å². The average molecular weight is 616 g/mol. The van der Waals surface area contributed by atoms with Gasteiger partial charge in [0, 0.05) is 67.6 Å². The number of aliphatic imine (C=N–C) groups is 1. The molecule has 4 aliphatic rings. The van der Waals surface area contributed by atoms with Gasteiger partial charge in [0.05, 0.1) is 30.0 Å². The number of aliphatic hydroxyl groups is 1. The first-order chi connectivity index (χ1) is 20.7. The highest BCUT2D eigenvalue weighted by Gasteiger charge is 2.43. The maximum atomic E-state index is 15.1. The van der Waals surface area contributed by atoms with Gasteiger partial charge in [0.2, 0.25) is 12.3 Å². The van der Waals surface area contributed by atoms with Crippen LogP contribution in [0.4, 0.5) is 14.5 Å². The number of anilines is 1. The minimum absolute atomic E-state index is 0.105. The zero-order chi connectivity index (χ0) is 30.4. The highest BCUT2D eigenvalue weighted by atomic mass is 35.5. The first-order valence-electron chi connectivity index (χ1n) is 14.7. The number of halogens is 3. The molecule has 2 aromatic carbocycles. The van der Waals surface area contributed by atoms with Crippen LogP contribution in [0.3, 0.4) is 0 Å². The van der Waals surface area contributed by atoms with Crippen molar-refractivity contribution in [3.8, 4) is 16.9 Å². The summed E-state index contributed by atoms with van der Waals surface area (Å²) in [7, 11) is 0. The summed E-state index contributed by atoms with van der Waals surface area (Å²) in [5, 5.41) is 11.8. The van der Waals surface area contributed by atoms with Crippen molar-refractivity contribution in [3.05, 3.63) is 59.1 Å². The summed E-state index contributed by atoms with van der Waals surface area (Å²) < 4.78 is 40.9. The van der Waals surface area contributed by atoms with Crippen LogP contribution in [-0.4, -0.2) is 109 Å². The number of carbonyl (C=O) groups excluding carboxylic acids is 1. The predicted molar refractivity (Wildman–Crippen MR) is 161 cm³/mol. The van der Waals surface area contributed by atoms with E-state index in [9.17, 15) is 14.3 Å². The van der Waals surface area contributed by atoms with E-state index in [1.165, 1.54) is 18.2 Å². The van der Waals surface area contributed by atoms with Gasteiger partial charge in [0.15, 0.2) is 5.75 Å². The van der Waals surface area contributed by atoms with E-state index in [4.69, 9.17) is 26.1 Å². The minimum Gasteiger partial charge on any atom is -0.489 e. The van der Waals surface area contributed by atoms with Crippen molar-refractivity contribution in [2.45, 2.75) is 44.7 Å². The lowest BCUT2D eigenvalue weighted by Crippen LogP contribution is -2.61. The summed E-state index contributed by atoms with van der Waals surface area (Å²) in [6, 6.07) is 4.57. The van der Waals surface area contributed by atoms with E-state index in [2.05, 4.69) is 16.4 Å². The molecule has 1 amide bonds. The summed E-state index contributed by atoms with van der Waals surface area (Å²) in [5.74, 6) is -0.757. The van der Waals surface area contributed by atoms with Gasteiger partial charge in [-0.25, -0.2) is 13.8 Å². The Kier molecular flexibility index (Phi) is 8.34. The molecule has 9 nitrogen and oxygen atoms in total. The van der Waals surface area contributed by atoms with E-state index < -0.39 is 18.0 Å². The van der Waals surface area contributed by atoms with Crippen LogP contribution in [0.25, 0.3) is 11.1 Å². The average Bonchev–Trinajstić information content (AvgIpc) is 2.99. The Morgan fingerprint density at radius 1 is 1.16 bits per heavy atom. The van der Waals surface area contributed by atoms with Crippen LogP contribution in [0, 0.1) is 11.6 Å². The number of benzene rings is 2. The second-order valence-corrected chi connectivity index (χ2v) is 11.9. The molecule has 4 atom stereocenters. The van der Waals surface area contributed by atoms with E-state index in [-0.39, 0.29) is 41.2 Å². The molecule has 1 unspecified atom stereocenters. The van der Waals surface area contributed by atoms with E-state index in [1.807, 2.05) is 18.7 Å². The smallest absolute Gasteiger partial charge is 0.246 e. The molecule has 230 valence electrons. The number of aliphatic hydroxyl groups excluding tert-OH is 1. The number of hydrogen-bond donors (Lipinski definition) is 1. The normalized spacial score (nSPS) is 25.6. The first kappa shape index (κ1) is 29.8. The predicted octanol–water partition coefficient (Wildman–Crippen LogP) is 3.72. The van der Waals surface area contributed by atoms with Crippen LogP contribution >= 0.6 is 11.6 Å². The van der Waals surface area contributed by atoms with Crippen LogP contribution in [0.1, 0.15) is 25.8 Å². The molecule has 12 heteroatoms. The van der Waals surface area contributed by atoms with Crippen LogP contribution in [0.15, 0.2) is 41.9 Å². The third-order valence-corrected chi connectivity index (χ3v) is 9.10. The number of morpholine rings is 1. The lowest BCUT2D eigenvalue weighted by Gasteiger charge is -2.49. The molecule has 0 radical (unpaired) electrons. The van der Waals surface area contributed by atoms with Gasteiger partial charge in [-0.15, -0.1) is 0 Å². The van der Waals surface area contributed by atoms with Crippen LogP contribution in [0.5, 0.6) is 5.75 Å². The summed E-state index contributed by atoms with van der Waals surface area (Å²) in [4.78, 5) is 25.3. The Labute approximate surface area is 254 Å². The topological polar surface area (TPSA) is 81.1 Å². The van der Waals surface area contributed by atoms with Crippen LogP contribution in [0.2, 0.25) is 5.02 Å². The highest BCUT2D eigenvalue weighted by molar-refractivity contribution is 6.35. The van der Waals surface area contributed by atoms with Gasteiger partial charge in [0.25, 0.3) is 0 Å². The molecule has 2 saturated heterocycles. The van der Waals surface area contributed by atoms with Crippen molar-refractivity contribution in [3.63, 3.8) is 0 Å². The molecule has 2 fully saturated rings. The van der Waals surface area contributed by atoms with Gasteiger partial charge in [-0.2, -0.15) is 0 Å². The van der Waals surface area contributed by atoms with Crippen molar-refractivity contribution >= 4 is 29.0 Å². The fourth-order valence-electron chi connectivity index (χ4n) is 6.57. The number of carbonyl (C=O) groups is 1. The van der Waals surface area contributed by atoms with E-state index in [0.29, 0.717) is 61.1 Å². The highest BCUT2D eigenvalue weighted by Crippen LogP contribution is 2.51. The molecule has 4 heterocycles. The Morgan fingerprint density at radius 3 is 2.65 bits per heavy atom. The summed E-state index contributed by atoms with van der Waals surface area (Å²) in [6.07, 6.45) is 0.776. The molecule has 0 aromatic heterocycles. The standard InChI is InChI=1S/C31H36ClF2N5O4/c1-4-26(40)37-15-19(3)38(16-18(37)2)30-23-14-24(32)27(22-6-5-20(33)13-25(22)34)29-28(23)39(31(41)35-30)21(17-43-29)7-8-36-9-11-42-12-10-36/h4-6,13-14,18-19,21,31,41H,1,7-12,15-17H2,2-3H3/t18-,19+,21+,31?/m1/s1. The molecular formula is C31H36ClF2N5O4. The Hall–Kier alpha value is -3.25. The van der Waals surface area contributed by atoms with Gasteiger partial charge in [-0.3, -0.25) is 9.69 Å². The maximum absolute atomic E-state index is 15.1. The van der Waals surface area contributed by atoms with Gasteiger partial charge in [0.1, 0.15) is 24.1 Å². The monoisotopic (exact) mass is 615 g/mol. The van der Waals surface area contributed by atoms with Crippen molar-refractivity contribution in [1.29, 1.82) is 0 Å². The molecule has 1 N–H and O–H groups in total. The summed E-state index contributed by atoms with van der Waals surface area (Å²) in [5.41, 5.74) is 1.62. The van der Waals surface area contributed by atoms with Crippen molar-refractivity contribution in [2.75, 3.05) is 57.4 Å². The summed E-state index contributed by atoms with van der Waals surface area (Å²) >= 11 is 6.87. The van der Waals surface area contributed by atoms with Gasteiger partial charge < -0.3 is 29.3 Å². The van der Waals surface area contributed by atoms with Crippen molar-refractivity contribution in [1.82, 2.24) is 14.7 Å². The van der Waals surface area contributed by atoms with Gasteiger partial charge >= 0.3 is 0 Å². The molecule has 0 spiro atoms. The number of nitrogens with zero attached hydrogens (tertiary/aromatic N) is 5. The number of hydrogen-bond acceptors (Lipinski definition) is 8. The number of rotatable bonds is 5. The lowest BCUT2D eigenvalue weighted by atomic mass is 9.94. The van der Waals surface area contributed by atoms with Crippen LogP contribution in [-0.2, 0) is 9.53 Å². The Morgan fingerprint density at radius 2 is 1.93 bits per heavy atom. The second-order valence-electron chi connectivity index (χ2n) is 11.5. The van der Waals surface area contributed by atoms with E-state index in [1.54, 1.807) is 11.0 Å². The number of amidine groups is 1. The zero-order valence-electron chi connectivity index (χ0n) is 24.3. The van der Waals surface area contributed by atoms with Gasteiger partial charge in [-0.1, -0.05) is 18.2 Å². The Balaban J connectivity index is 1.43. The molecule has 6 rings (SSSR count). The molecule has 2 aromatic rings. The minimum atomic E-state index is -1.23. The first-order valence-corrected chi connectivity index (χ1v) is 15.0. The third-order valence-electron chi connectivity index (χ3n) is 8.80. The summed E-state index contributed by atoms with van der Waals surface area (Å²) in [6.45, 7) is 12.5. The Bertz CT molecular complexity index is 1450. The quantitative estimate of drug-likeness (QED) is 0.514. The maximum Gasteiger partial charge on any atom is 0.246 e. The van der Waals surface area contributed by atoms with E-state index in [0.717, 1.165) is 25.7 Å². The number of piperazine rings is 1. The number of amides is 1. The molecule has 0 saturated carbocycles. The SMILES string of the molecule is C=CC(=O)N1C[C@H](C)N(C2=NC(O)N3c4c2cc(Cl)c(-c2ccc(F)cc2F)c4OC[C@@H]3CCN2CCOCC2)C[C@H]1C. The molecule has 4 aliphatic heterocycles. The number of ether oxygens (including phenoxy) is 2. The fraction of sp³-hybridized carbons (Fsp3) is 0.484. The van der Waals surface area contributed by atoms with Crippen molar-refractivity contribution < 1.29 is 28.2 Å². The molecule has 0 aliphatic carbocycles. The largest absolute Gasteiger partial charge is 0.489 e. The molecular weight excluding hydrogens is 580 g/mol. The third kappa shape index (κ3) is 5.48. The molecule has 43 heavy (non-hydrogen) atoms. The van der Waals surface area contributed by atoms with Crippen molar-refractivity contribution in [2.24, 2.45) is 4.99 Å². The van der Waals surface area contributed by atoms with E-state index >= 15 is 4.39 Å². The second kappa shape index (κ2) is 12.0. The lowest BCUT2D eigenvalue weighted by molar-refractivity contribution is -0.130. The molecule has 0 bridgehead atoms. The van der Waals surface area contributed by atoms with Crippen LogP contribution < -0.4 is 9.64 Å².